The number of anilines is 1. The molecule has 158 valence electrons. The Bertz CT molecular complexity index is 841. The molecule has 0 aliphatic heterocycles. The van der Waals surface area contributed by atoms with Crippen LogP contribution < -0.4 is 5.32 Å². The molecule has 1 fully saturated rings. The Kier molecular flexibility index (Phi) is 7.30. The molecular weight excluding hydrogens is 406 g/mol. The molecule has 0 bridgehead atoms. The summed E-state index contributed by atoms with van der Waals surface area (Å²) in [4.78, 5) is 14.2. The third-order valence-corrected chi connectivity index (χ3v) is 6.60. The number of thioether (sulfide) groups is 1. The number of hydrogen-bond acceptors (Lipinski definition) is 4. The molecule has 1 aliphatic carbocycles. The molecule has 1 amide bonds. The first kappa shape index (κ1) is 22.2. The van der Waals surface area contributed by atoms with Crippen molar-refractivity contribution in [2.45, 2.75) is 68.9 Å². The molecule has 2 N–H and O–H groups in total. The van der Waals surface area contributed by atoms with Crippen molar-refractivity contribution in [3.8, 4) is 0 Å². The number of aromatic nitrogens is 2. The molecule has 0 spiro atoms. The fourth-order valence-corrected chi connectivity index (χ4v) is 4.88. The van der Waals surface area contributed by atoms with Crippen molar-refractivity contribution in [2.24, 2.45) is 5.92 Å². The molecule has 5 nitrogen and oxygen atoms in total. The van der Waals surface area contributed by atoms with Gasteiger partial charge in [-0.05, 0) is 50.1 Å². The van der Waals surface area contributed by atoms with E-state index in [1.54, 1.807) is 42.6 Å². The van der Waals surface area contributed by atoms with Crippen LogP contribution in [0.4, 0.5) is 5.82 Å². The van der Waals surface area contributed by atoms with Crippen LogP contribution in [0.25, 0.3) is 0 Å². The SMILES string of the molecule is CSc1ccc(C(CC2CCCC2)C(=O)Nc2ccn(CC(C)(C)O)n2)cc1Cl. The second-order valence-electron chi connectivity index (χ2n) is 8.53. The monoisotopic (exact) mass is 435 g/mol. The van der Waals surface area contributed by atoms with Crippen molar-refractivity contribution in [1.29, 1.82) is 0 Å². The lowest BCUT2D eigenvalue weighted by atomic mass is 9.87. The Hall–Kier alpha value is -1.50. The number of hydrogen-bond donors (Lipinski definition) is 2. The molecule has 1 aromatic carbocycles. The highest BCUT2D eigenvalue weighted by molar-refractivity contribution is 7.98. The zero-order valence-electron chi connectivity index (χ0n) is 17.3. The molecule has 1 saturated carbocycles. The summed E-state index contributed by atoms with van der Waals surface area (Å²) in [6.45, 7) is 3.82. The highest BCUT2D eigenvalue weighted by Crippen LogP contribution is 2.37. The maximum absolute atomic E-state index is 13.2. The summed E-state index contributed by atoms with van der Waals surface area (Å²) in [5, 5.41) is 18.0. The Morgan fingerprint density at radius 3 is 2.72 bits per heavy atom. The first-order chi connectivity index (χ1) is 13.7. The number of benzene rings is 1. The average molecular weight is 436 g/mol. The number of rotatable bonds is 8. The number of nitrogens with one attached hydrogen (secondary N) is 1. The van der Waals surface area contributed by atoms with Gasteiger partial charge >= 0.3 is 0 Å². The van der Waals surface area contributed by atoms with Crippen LogP contribution in [0.5, 0.6) is 0 Å². The highest BCUT2D eigenvalue weighted by Gasteiger charge is 2.28. The van der Waals surface area contributed by atoms with Crippen molar-refractivity contribution in [3.63, 3.8) is 0 Å². The van der Waals surface area contributed by atoms with E-state index in [4.69, 9.17) is 11.6 Å². The van der Waals surface area contributed by atoms with E-state index < -0.39 is 5.60 Å². The third kappa shape index (κ3) is 6.24. The van der Waals surface area contributed by atoms with Gasteiger partial charge in [0.1, 0.15) is 0 Å². The van der Waals surface area contributed by atoms with Gasteiger partial charge in [-0.2, -0.15) is 5.10 Å². The van der Waals surface area contributed by atoms with Crippen LogP contribution in [0.3, 0.4) is 0 Å². The van der Waals surface area contributed by atoms with Gasteiger partial charge in [-0.25, -0.2) is 0 Å². The summed E-state index contributed by atoms with van der Waals surface area (Å²) in [5.74, 6) is 0.754. The largest absolute Gasteiger partial charge is 0.389 e. The lowest BCUT2D eigenvalue weighted by molar-refractivity contribution is -0.118. The number of amides is 1. The van der Waals surface area contributed by atoms with Crippen LogP contribution in [0.15, 0.2) is 35.4 Å². The summed E-state index contributed by atoms with van der Waals surface area (Å²) in [7, 11) is 0. The van der Waals surface area contributed by atoms with Crippen LogP contribution in [-0.2, 0) is 11.3 Å². The Morgan fingerprint density at radius 2 is 2.10 bits per heavy atom. The van der Waals surface area contributed by atoms with Crippen LogP contribution in [-0.4, -0.2) is 32.7 Å². The first-order valence-electron chi connectivity index (χ1n) is 10.2. The van der Waals surface area contributed by atoms with Crippen molar-refractivity contribution in [2.75, 3.05) is 11.6 Å². The lowest BCUT2D eigenvalue weighted by Crippen LogP contribution is -2.27. The predicted octanol–water partition coefficient (Wildman–Crippen LogP) is 5.33. The molecular formula is C22H30ClN3O2S. The van der Waals surface area contributed by atoms with Gasteiger partial charge in [0.2, 0.25) is 5.91 Å². The zero-order chi connectivity index (χ0) is 21.0. The maximum Gasteiger partial charge on any atom is 0.233 e. The molecule has 7 heteroatoms. The van der Waals surface area contributed by atoms with E-state index in [1.165, 1.54) is 25.7 Å². The van der Waals surface area contributed by atoms with E-state index in [0.29, 0.717) is 23.3 Å². The Labute approximate surface area is 182 Å². The van der Waals surface area contributed by atoms with Gasteiger partial charge in [0, 0.05) is 17.2 Å². The number of halogens is 1. The summed E-state index contributed by atoms with van der Waals surface area (Å²) in [6, 6.07) is 7.71. The van der Waals surface area contributed by atoms with Crippen molar-refractivity contribution in [3.05, 3.63) is 41.0 Å². The zero-order valence-corrected chi connectivity index (χ0v) is 18.9. The lowest BCUT2D eigenvalue weighted by Gasteiger charge is -2.21. The number of nitrogens with zero attached hydrogens (tertiary/aromatic N) is 2. The standard InChI is InChI=1S/C22H30ClN3O2S/c1-22(2,28)14-26-11-10-20(25-26)24-21(27)17(12-15-6-4-5-7-15)16-8-9-19(29-3)18(23)13-16/h8-11,13,15,17,28H,4-7,12,14H2,1-3H3,(H,24,25,27). The fraction of sp³-hybridized carbons (Fsp3) is 0.545. The van der Waals surface area contributed by atoms with Gasteiger partial charge in [-0.3, -0.25) is 9.48 Å². The van der Waals surface area contributed by atoms with E-state index in [2.05, 4.69) is 10.4 Å². The summed E-state index contributed by atoms with van der Waals surface area (Å²) in [5.41, 5.74) is 0.0850. The number of carbonyl (C=O) groups is 1. The normalized spacial score (nSPS) is 16.2. The van der Waals surface area contributed by atoms with Gasteiger partial charge in [-0.1, -0.05) is 43.4 Å². The van der Waals surface area contributed by atoms with Crippen LogP contribution >= 0.6 is 23.4 Å². The van der Waals surface area contributed by atoms with Gasteiger partial charge in [0.05, 0.1) is 23.1 Å². The summed E-state index contributed by atoms with van der Waals surface area (Å²) in [6.07, 6.45) is 9.43. The van der Waals surface area contributed by atoms with Gasteiger partial charge in [-0.15, -0.1) is 11.8 Å². The second-order valence-corrected chi connectivity index (χ2v) is 9.79. The minimum Gasteiger partial charge on any atom is -0.389 e. The topological polar surface area (TPSA) is 67.2 Å². The quantitative estimate of drug-likeness (QED) is 0.550. The van der Waals surface area contributed by atoms with E-state index >= 15 is 0 Å². The molecule has 1 heterocycles. The molecule has 1 atom stereocenters. The van der Waals surface area contributed by atoms with E-state index in [-0.39, 0.29) is 11.8 Å². The van der Waals surface area contributed by atoms with E-state index in [9.17, 15) is 9.90 Å². The molecule has 29 heavy (non-hydrogen) atoms. The van der Waals surface area contributed by atoms with Gasteiger partial charge in [0.25, 0.3) is 0 Å². The second kappa shape index (κ2) is 9.54. The number of carbonyl (C=O) groups excluding carboxylic acids is 1. The predicted molar refractivity (Wildman–Crippen MR) is 120 cm³/mol. The average Bonchev–Trinajstić information content (AvgIpc) is 3.30. The van der Waals surface area contributed by atoms with E-state index in [1.807, 2.05) is 24.5 Å². The van der Waals surface area contributed by atoms with Crippen molar-refractivity contribution >= 4 is 35.1 Å². The molecule has 1 aliphatic rings. The first-order valence-corrected chi connectivity index (χ1v) is 11.8. The molecule has 1 aromatic heterocycles. The molecule has 0 radical (unpaired) electrons. The maximum atomic E-state index is 13.2. The van der Waals surface area contributed by atoms with Crippen molar-refractivity contribution < 1.29 is 9.90 Å². The van der Waals surface area contributed by atoms with Gasteiger partial charge < -0.3 is 10.4 Å². The van der Waals surface area contributed by atoms with Crippen molar-refractivity contribution in [1.82, 2.24) is 9.78 Å². The molecule has 2 aromatic rings. The van der Waals surface area contributed by atoms with Crippen LogP contribution in [0.1, 0.15) is 57.4 Å². The number of aliphatic hydroxyl groups is 1. The molecule has 3 rings (SSSR count). The summed E-state index contributed by atoms with van der Waals surface area (Å²) >= 11 is 8.03. The fourth-order valence-electron chi connectivity index (χ4n) is 4.00. The van der Waals surface area contributed by atoms with Gasteiger partial charge in [0.15, 0.2) is 5.82 Å². The highest BCUT2D eigenvalue weighted by atomic mass is 35.5. The van der Waals surface area contributed by atoms with Crippen LogP contribution in [0, 0.1) is 5.92 Å². The molecule has 0 saturated heterocycles. The molecule has 1 unspecified atom stereocenters. The van der Waals surface area contributed by atoms with E-state index in [0.717, 1.165) is 16.9 Å². The minimum absolute atomic E-state index is 0.0571. The third-order valence-electron chi connectivity index (χ3n) is 5.38. The van der Waals surface area contributed by atoms with Crippen LogP contribution in [0.2, 0.25) is 5.02 Å². The smallest absolute Gasteiger partial charge is 0.233 e. The Morgan fingerprint density at radius 1 is 1.38 bits per heavy atom. The Balaban J connectivity index is 1.78. The summed E-state index contributed by atoms with van der Waals surface area (Å²) < 4.78 is 1.64. The minimum atomic E-state index is -0.867.